The molecule has 1 aliphatic heterocycles. The van der Waals surface area contributed by atoms with E-state index in [4.69, 9.17) is 21.4 Å². The molecule has 80 valence electrons. The van der Waals surface area contributed by atoms with E-state index in [-0.39, 0.29) is 6.61 Å². The highest BCUT2D eigenvalue weighted by Crippen LogP contribution is 2.38. The van der Waals surface area contributed by atoms with Crippen LogP contribution in [-0.4, -0.2) is 23.2 Å². The van der Waals surface area contributed by atoms with Gasteiger partial charge in [0.25, 0.3) is 0 Å². The van der Waals surface area contributed by atoms with E-state index in [2.05, 4.69) is 5.32 Å². The zero-order valence-corrected chi connectivity index (χ0v) is 8.84. The van der Waals surface area contributed by atoms with Crippen LogP contribution in [0.2, 0.25) is 5.02 Å². The molecule has 0 fully saturated rings. The molecule has 0 aromatic heterocycles. The van der Waals surface area contributed by atoms with E-state index in [1.165, 1.54) is 0 Å². The Bertz CT molecular complexity index is 421. The van der Waals surface area contributed by atoms with Crippen LogP contribution >= 0.6 is 11.6 Å². The van der Waals surface area contributed by atoms with Gasteiger partial charge in [0.2, 0.25) is 0 Å². The highest BCUT2D eigenvalue weighted by atomic mass is 35.5. The number of halogens is 1. The van der Waals surface area contributed by atoms with Crippen molar-refractivity contribution in [3.05, 3.63) is 23.2 Å². The van der Waals surface area contributed by atoms with Gasteiger partial charge in [0, 0.05) is 0 Å². The van der Waals surface area contributed by atoms with E-state index in [0.717, 1.165) is 0 Å². The molecule has 1 heterocycles. The van der Waals surface area contributed by atoms with Crippen molar-refractivity contribution >= 4 is 23.3 Å². The van der Waals surface area contributed by atoms with Crippen molar-refractivity contribution in [2.24, 2.45) is 0 Å². The fourth-order valence-electron chi connectivity index (χ4n) is 1.42. The number of rotatable bonds is 1. The maximum absolute atomic E-state index is 11.0. The minimum atomic E-state index is -1.10. The van der Waals surface area contributed by atoms with E-state index < -0.39 is 11.5 Å². The number of aliphatic carboxylic acids is 1. The second-order valence-electron chi connectivity index (χ2n) is 3.67. The normalized spacial score (nSPS) is 23.6. The molecule has 2 N–H and O–H groups in total. The van der Waals surface area contributed by atoms with Gasteiger partial charge in [0.05, 0.1) is 10.7 Å². The molecule has 1 aromatic rings. The van der Waals surface area contributed by atoms with Crippen molar-refractivity contribution in [3.8, 4) is 5.75 Å². The summed E-state index contributed by atoms with van der Waals surface area (Å²) >= 11 is 5.90. The van der Waals surface area contributed by atoms with Crippen LogP contribution in [0, 0.1) is 0 Å². The lowest BCUT2D eigenvalue weighted by Gasteiger charge is -2.33. The number of ether oxygens (including phenoxy) is 1. The number of nitrogens with one attached hydrogen (secondary N) is 1. The third-order valence-corrected chi connectivity index (χ3v) is 2.65. The fraction of sp³-hybridized carbons (Fsp3) is 0.300. The van der Waals surface area contributed by atoms with Crippen LogP contribution in [0.1, 0.15) is 6.92 Å². The van der Waals surface area contributed by atoms with Crippen molar-refractivity contribution in [3.63, 3.8) is 0 Å². The minimum absolute atomic E-state index is 0.0546. The highest BCUT2D eigenvalue weighted by Gasteiger charge is 2.38. The predicted octanol–water partition coefficient (Wildman–Crippen LogP) is 1.99. The van der Waals surface area contributed by atoms with E-state index in [0.29, 0.717) is 16.5 Å². The molecule has 4 nitrogen and oxygen atoms in total. The summed E-state index contributed by atoms with van der Waals surface area (Å²) in [7, 11) is 0. The van der Waals surface area contributed by atoms with Gasteiger partial charge in [-0.1, -0.05) is 17.7 Å². The molecule has 1 unspecified atom stereocenters. The van der Waals surface area contributed by atoms with Crippen LogP contribution in [0.15, 0.2) is 18.2 Å². The summed E-state index contributed by atoms with van der Waals surface area (Å²) in [5.74, 6) is -0.439. The molecule has 1 atom stereocenters. The second-order valence-corrected chi connectivity index (χ2v) is 4.07. The zero-order valence-electron chi connectivity index (χ0n) is 8.08. The number of benzene rings is 1. The van der Waals surface area contributed by atoms with Gasteiger partial charge in [-0.15, -0.1) is 0 Å². The Kier molecular flexibility index (Phi) is 2.23. The molecular weight excluding hydrogens is 218 g/mol. The molecule has 0 saturated carbocycles. The Morgan fingerprint density at radius 1 is 1.67 bits per heavy atom. The van der Waals surface area contributed by atoms with Gasteiger partial charge in [-0.05, 0) is 19.1 Å². The summed E-state index contributed by atoms with van der Waals surface area (Å²) < 4.78 is 5.36. The molecule has 0 amide bonds. The van der Waals surface area contributed by atoms with Crippen molar-refractivity contribution in [2.45, 2.75) is 12.5 Å². The summed E-state index contributed by atoms with van der Waals surface area (Å²) in [5, 5.41) is 12.4. The number of para-hydroxylation sites is 1. The van der Waals surface area contributed by atoms with Crippen LogP contribution in [0.3, 0.4) is 0 Å². The summed E-state index contributed by atoms with van der Waals surface area (Å²) in [5.41, 5.74) is -0.490. The van der Waals surface area contributed by atoms with Crippen LogP contribution in [0.25, 0.3) is 0 Å². The molecule has 5 heteroatoms. The number of hydrogen-bond donors (Lipinski definition) is 2. The smallest absolute Gasteiger partial charge is 0.332 e. The quantitative estimate of drug-likeness (QED) is 0.770. The monoisotopic (exact) mass is 227 g/mol. The first-order valence-corrected chi connectivity index (χ1v) is 4.84. The topological polar surface area (TPSA) is 58.6 Å². The fourth-order valence-corrected chi connectivity index (χ4v) is 1.65. The van der Waals surface area contributed by atoms with Gasteiger partial charge in [0.1, 0.15) is 6.61 Å². The van der Waals surface area contributed by atoms with Crippen molar-refractivity contribution in [2.75, 3.05) is 11.9 Å². The average molecular weight is 228 g/mol. The molecule has 0 spiro atoms. The van der Waals surface area contributed by atoms with E-state index in [9.17, 15) is 4.79 Å². The Morgan fingerprint density at radius 2 is 2.40 bits per heavy atom. The van der Waals surface area contributed by atoms with Gasteiger partial charge in [-0.2, -0.15) is 0 Å². The van der Waals surface area contributed by atoms with Gasteiger partial charge in [-0.3, -0.25) is 0 Å². The lowest BCUT2D eigenvalue weighted by Crippen LogP contribution is -2.50. The van der Waals surface area contributed by atoms with Crippen LogP contribution < -0.4 is 10.1 Å². The van der Waals surface area contributed by atoms with Crippen molar-refractivity contribution < 1.29 is 14.6 Å². The van der Waals surface area contributed by atoms with Crippen LogP contribution in [0.4, 0.5) is 5.69 Å². The standard InChI is InChI=1S/C10H10ClNO3/c1-10(9(13)14)5-15-8-6(11)3-2-4-7(8)12-10/h2-4,12H,5H2,1H3,(H,13,14). The van der Waals surface area contributed by atoms with Gasteiger partial charge in [0.15, 0.2) is 11.3 Å². The number of carbonyl (C=O) groups is 1. The molecule has 1 aromatic carbocycles. The Morgan fingerprint density at radius 3 is 3.07 bits per heavy atom. The first-order chi connectivity index (χ1) is 7.03. The molecule has 2 rings (SSSR count). The molecular formula is C10H10ClNO3. The summed E-state index contributed by atoms with van der Waals surface area (Å²) in [4.78, 5) is 11.0. The lowest BCUT2D eigenvalue weighted by molar-refractivity contribution is -0.143. The van der Waals surface area contributed by atoms with Crippen LogP contribution in [-0.2, 0) is 4.79 Å². The molecule has 0 aliphatic carbocycles. The molecule has 0 bridgehead atoms. The lowest BCUT2D eigenvalue weighted by atomic mass is 10.0. The number of carboxylic acid groups (broad SMARTS) is 1. The summed E-state index contributed by atoms with van der Waals surface area (Å²) in [6, 6.07) is 5.18. The third-order valence-electron chi connectivity index (χ3n) is 2.35. The Labute approximate surface area is 91.8 Å². The first kappa shape index (κ1) is 10.1. The zero-order chi connectivity index (χ0) is 11.1. The predicted molar refractivity (Wildman–Crippen MR) is 56.6 cm³/mol. The van der Waals surface area contributed by atoms with E-state index >= 15 is 0 Å². The van der Waals surface area contributed by atoms with E-state index in [1.807, 2.05) is 0 Å². The maximum atomic E-state index is 11.0. The number of carboxylic acids is 1. The number of fused-ring (bicyclic) bond motifs is 1. The summed E-state index contributed by atoms with van der Waals surface area (Å²) in [6.45, 7) is 1.62. The van der Waals surface area contributed by atoms with Crippen LogP contribution in [0.5, 0.6) is 5.75 Å². The first-order valence-electron chi connectivity index (χ1n) is 4.46. The average Bonchev–Trinajstić information content (AvgIpc) is 2.17. The highest BCUT2D eigenvalue weighted by molar-refractivity contribution is 6.32. The van der Waals surface area contributed by atoms with Gasteiger partial charge >= 0.3 is 5.97 Å². The largest absolute Gasteiger partial charge is 0.487 e. The minimum Gasteiger partial charge on any atom is -0.487 e. The number of anilines is 1. The Hall–Kier alpha value is -1.42. The molecule has 1 aliphatic rings. The van der Waals surface area contributed by atoms with Crippen molar-refractivity contribution in [1.29, 1.82) is 0 Å². The molecule has 0 radical (unpaired) electrons. The molecule has 0 saturated heterocycles. The third kappa shape index (κ3) is 1.61. The van der Waals surface area contributed by atoms with E-state index in [1.54, 1.807) is 25.1 Å². The number of hydrogen-bond acceptors (Lipinski definition) is 3. The second kappa shape index (κ2) is 3.31. The summed E-state index contributed by atoms with van der Waals surface area (Å²) in [6.07, 6.45) is 0. The Balaban J connectivity index is 2.39. The molecule has 15 heavy (non-hydrogen) atoms. The van der Waals surface area contributed by atoms with Gasteiger partial charge in [-0.25, -0.2) is 4.79 Å². The van der Waals surface area contributed by atoms with Crippen molar-refractivity contribution in [1.82, 2.24) is 0 Å². The SMILES string of the molecule is CC1(C(=O)O)COc2c(Cl)cccc2N1. The van der Waals surface area contributed by atoms with Gasteiger partial charge < -0.3 is 15.2 Å². The maximum Gasteiger partial charge on any atom is 0.332 e.